The number of fused-ring (bicyclic) bond motifs is 1. The van der Waals surface area contributed by atoms with Crippen molar-refractivity contribution in [1.82, 2.24) is 5.32 Å². The van der Waals surface area contributed by atoms with Crippen LogP contribution in [0.4, 0.5) is 5.69 Å². The third-order valence-electron chi connectivity index (χ3n) is 4.53. The van der Waals surface area contributed by atoms with Crippen molar-refractivity contribution >= 4 is 28.8 Å². The average molecular weight is 358 g/mol. The van der Waals surface area contributed by atoms with Gasteiger partial charge in [-0.05, 0) is 41.8 Å². The van der Waals surface area contributed by atoms with Crippen molar-refractivity contribution in [2.75, 3.05) is 18.0 Å². The van der Waals surface area contributed by atoms with Crippen LogP contribution in [0.2, 0.25) is 0 Å². The zero-order valence-electron chi connectivity index (χ0n) is 14.2. The highest BCUT2D eigenvalue weighted by molar-refractivity contribution is 7.12. The predicted molar refractivity (Wildman–Crippen MR) is 99.4 cm³/mol. The number of phenolic OH excluding ortho intramolecular Hbond substituents is 1. The molecule has 1 aromatic heterocycles. The number of thiophene rings is 1. The molecule has 0 saturated heterocycles. The van der Waals surface area contributed by atoms with Crippen molar-refractivity contribution in [3.63, 3.8) is 0 Å². The minimum absolute atomic E-state index is 0.0139. The number of carbonyl (C=O) groups excluding carboxylic acids is 2. The largest absolute Gasteiger partial charge is 0.506 e. The molecular weight excluding hydrogens is 336 g/mol. The number of rotatable bonds is 5. The Bertz CT molecular complexity index is 758. The molecule has 2 aromatic rings. The van der Waals surface area contributed by atoms with Crippen molar-refractivity contribution in [3.05, 3.63) is 46.2 Å². The lowest BCUT2D eigenvalue weighted by Crippen LogP contribution is -2.36. The van der Waals surface area contributed by atoms with Gasteiger partial charge in [-0.15, -0.1) is 11.3 Å². The first-order valence-corrected chi connectivity index (χ1v) is 9.40. The Balaban J connectivity index is 1.56. The lowest BCUT2D eigenvalue weighted by Gasteiger charge is -2.33. The van der Waals surface area contributed by atoms with Crippen LogP contribution in [0, 0.1) is 0 Å². The fraction of sp³-hybridized carbons (Fsp3) is 0.368. The molecule has 132 valence electrons. The van der Waals surface area contributed by atoms with Crippen molar-refractivity contribution in [2.24, 2.45) is 0 Å². The van der Waals surface area contributed by atoms with Gasteiger partial charge in [-0.2, -0.15) is 0 Å². The Labute approximate surface area is 151 Å². The summed E-state index contributed by atoms with van der Waals surface area (Å²) in [5, 5.41) is 14.9. The van der Waals surface area contributed by atoms with E-state index in [1.807, 2.05) is 23.6 Å². The Morgan fingerprint density at radius 2 is 2.16 bits per heavy atom. The van der Waals surface area contributed by atoms with Gasteiger partial charge in [0.25, 0.3) is 5.91 Å². The fourth-order valence-corrected chi connectivity index (χ4v) is 3.79. The molecule has 1 atom stereocenters. The molecule has 0 radical (unpaired) electrons. The van der Waals surface area contributed by atoms with Crippen LogP contribution in [0.25, 0.3) is 0 Å². The number of hydrogen-bond donors (Lipinski definition) is 2. The minimum Gasteiger partial charge on any atom is -0.506 e. The Morgan fingerprint density at radius 1 is 1.32 bits per heavy atom. The molecule has 6 heteroatoms. The van der Waals surface area contributed by atoms with E-state index in [4.69, 9.17) is 0 Å². The SMILES string of the molecule is C[C@H]1CCN(C(=O)CCCNC(=O)c2cccs2)c2c(O)cccc21. The first-order valence-electron chi connectivity index (χ1n) is 8.52. The number of hydrogen-bond acceptors (Lipinski definition) is 4. The molecule has 5 nitrogen and oxygen atoms in total. The maximum atomic E-state index is 12.6. The molecule has 0 saturated carbocycles. The molecule has 25 heavy (non-hydrogen) atoms. The number of amides is 2. The summed E-state index contributed by atoms with van der Waals surface area (Å²) in [6.07, 6.45) is 1.80. The molecular formula is C19H22N2O3S. The lowest BCUT2D eigenvalue weighted by molar-refractivity contribution is -0.118. The molecule has 0 bridgehead atoms. The van der Waals surface area contributed by atoms with Crippen LogP contribution in [-0.4, -0.2) is 30.0 Å². The number of nitrogens with one attached hydrogen (secondary N) is 1. The highest BCUT2D eigenvalue weighted by Crippen LogP contribution is 2.41. The number of carbonyl (C=O) groups is 2. The zero-order valence-corrected chi connectivity index (χ0v) is 15.0. The number of para-hydroxylation sites is 1. The molecule has 1 aliphatic rings. The topological polar surface area (TPSA) is 69.6 Å². The molecule has 1 aliphatic heterocycles. The van der Waals surface area contributed by atoms with Crippen molar-refractivity contribution in [3.8, 4) is 5.75 Å². The maximum Gasteiger partial charge on any atom is 0.261 e. The minimum atomic E-state index is -0.0998. The van der Waals surface area contributed by atoms with Crippen LogP contribution in [0.3, 0.4) is 0 Å². The van der Waals surface area contributed by atoms with Crippen molar-refractivity contribution < 1.29 is 14.7 Å². The van der Waals surface area contributed by atoms with E-state index in [0.29, 0.717) is 42.4 Å². The molecule has 2 heterocycles. The van der Waals surface area contributed by atoms with E-state index in [1.54, 1.807) is 17.0 Å². The summed E-state index contributed by atoms with van der Waals surface area (Å²) in [6, 6.07) is 9.03. The summed E-state index contributed by atoms with van der Waals surface area (Å²) in [5.41, 5.74) is 1.67. The van der Waals surface area contributed by atoms with Crippen molar-refractivity contribution in [1.29, 1.82) is 0 Å². The molecule has 3 rings (SSSR count). The van der Waals surface area contributed by atoms with Gasteiger partial charge in [-0.3, -0.25) is 9.59 Å². The van der Waals surface area contributed by atoms with E-state index < -0.39 is 0 Å². The fourth-order valence-electron chi connectivity index (χ4n) is 3.15. The molecule has 0 fully saturated rings. The van der Waals surface area contributed by atoms with Gasteiger partial charge < -0.3 is 15.3 Å². The van der Waals surface area contributed by atoms with Crippen LogP contribution in [0.1, 0.15) is 47.3 Å². The van der Waals surface area contributed by atoms with Crippen molar-refractivity contribution in [2.45, 2.75) is 32.1 Å². The summed E-state index contributed by atoms with van der Waals surface area (Å²) in [4.78, 5) is 26.8. The number of aromatic hydroxyl groups is 1. The summed E-state index contributed by atoms with van der Waals surface area (Å²) in [5.74, 6) is 0.372. The van der Waals surface area contributed by atoms with Gasteiger partial charge in [-0.25, -0.2) is 0 Å². The molecule has 1 aromatic carbocycles. The number of benzene rings is 1. The molecule has 2 N–H and O–H groups in total. The molecule has 0 spiro atoms. The quantitative estimate of drug-likeness (QED) is 0.804. The van der Waals surface area contributed by atoms with E-state index >= 15 is 0 Å². The number of phenols is 1. The van der Waals surface area contributed by atoms with E-state index in [-0.39, 0.29) is 17.6 Å². The van der Waals surface area contributed by atoms with E-state index in [2.05, 4.69) is 12.2 Å². The number of anilines is 1. The molecule has 2 amide bonds. The first-order chi connectivity index (χ1) is 12.1. The highest BCUT2D eigenvalue weighted by Gasteiger charge is 2.28. The zero-order chi connectivity index (χ0) is 17.8. The van der Waals surface area contributed by atoms with Gasteiger partial charge in [0.05, 0.1) is 10.6 Å². The van der Waals surface area contributed by atoms with Crippen LogP contribution in [0.5, 0.6) is 5.75 Å². The summed E-state index contributed by atoms with van der Waals surface area (Å²) >= 11 is 1.40. The maximum absolute atomic E-state index is 12.6. The Kier molecular flexibility index (Phi) is 5.38. The van der Waals surface area contributed by atoms with Gasteiger partial charge >= 0.3 is 0 Å². The lowest BCUT2D eigenvalue weighted by atomic mass is 9.91. The monoisotopic (exact) mass is 358 g/mol. The second kappa shape index (κ2) is 7.70. The normalized spacial score (nSPS) is 16.4. The van der Waals surface area contributed by atoms with E-state index in [0.717, 1.165) is 12.0 Å². The Hall–Kier alpha value is -2.34. The third kappa shape index (κ3) is 3.85. The number of nitrogens with zero attached hydrogens (tertiary/aromatic N) is 1. The molecule has 0 aliphatic carbocycles. The summed E-state index contributed by atoms with van der Waals surface area (Å²) in [7, 11) is 0. The van der Waals surface area contributed by atoms with Gasteiger partial charge in [0.1, 0.15) is 5.75 Å². The van der Waals surface area contributed by atoms with Gasteiger partial charge in [0.15, 0.2) is 0 Å². The second-order valence-corrected chi connectivity index (χ2v) is 7.23. The predicted octanol–water partition coefficient (Wildman–Crippen LogP) is 3.50. The third-order valence-corrected chi connectivity index (χ3v) is 5.40. The van der Waals surface area contributed by atoms with Crippen LogP contribution < -0.4 is 10.2 Å². The second-order valence-electron chi connectivity index (χ2n) is 6.29. The van der Waals surface area contributed by atoms with Crippen LogP contribution in [0.15, 0.2) is 35.7 Å². The van der Waals surface area contributed by atoms with Crippen LogP contribution in [-0.2, 0) is 4.79 Å². The Morgan fingerprint density at radius 3 is 2.92 bits per heavy atom. The molecule has 0 unspecified atom stereocenters. The first kappa shape index (κ1) is 17.5. The van der Waals surface area contributed by atoms with Gasteiger partial charge in [0, 0.05) is 19.5 Å². The van der Waals surface area contributed by atoms with Gasteiger partial charge in [-0.1, -0.05) is 25.1 Å². The average Bonchev–Trinajstić information content (AvgIpc) is 3.14. The van der Waals surface area contributed by atoms with E-state index in [1.165, 1.54) is 11.3 Å². The van der Waals surface area contributed by atoms with Gasteiger partial charge in [0.2, 0.25) is 5.91 Å². The highest BCUT2D eigenvalue weighted by atomic mass is 32.1. The van der Waals surface area contributed by atoms with Crippen LogP contribution >= 0.6 is 11.3 Å². The standard InChI is InChI=1S/C19H22N2O3S/c1-13-9-11-21(18-14(13)5-2-6-15(18)22)17(23)8-3-10-20-19(24)16-7-4-12-25-16/h2,4-7,12-13,22H,3,8-11H2,1H3,(H,20,24)/t13-/m0/s1. The summed E-state index contributed by atoms with van der Waals surface area (Å²) < 4.78 is 0. The smallest absolute Gasteiger partial charge is 0.261 e. The summed E-state index contributed by atoms with van der Waals surface area (Å²) in [6.45, 7) is 3.19. The van der Waals surface area contributed by atoms with E-state index in [9.17, 15) is 14.7 Å².